The molecule has 0 spiro atoms. The summed E-state index contributed by atoms with van der Waals surface area (Å²) in [6.07, 6.45) is 5.62. The molecular weight excluding hydrogens is 316 g/mol. The van der Waals surface area contributed by atoms with Crippen LogP contribution < -0.4 is 5.32 Å². The Labute approximate surface area is 145 Å². The van der Waals surface area contributed by atoms with Gasteiger partial charge >= 0.3 is 0 Å². The van der Waals surface area contributed by atoms with Gasteiger partial charge in [0.15, 0.2) is 0 Å². The lowest BCUT2D eigenvalue weighted by atomic mass is 9.86. The summed E-state index contributed by atoms with van der Waals surface area (Å²) in [5, 5.41) is 4.10. The van der Waals surface area contributed by atoms with Crippen LogP contribution in [-0.4, -0.2) is 10.9 Å². The Morgan fingerprint density at radius 3 is 2.42 bits per heavy atom. The van der Waals surface area contributed by atoms with Crippen molar-refractivity contribution in [3.05, 3.63) is 77.3 Å². The van der Waals surface area contributed by atoms with Crippen molar-refractivity contribution in [1.29, 1.82) is 0 Å². The second-order valence-electron chi connectivity index (χ2n) is 5.88. The number of thiazole rings is 1. The van der Waals surface area contributed by atoms with E-state index in [4.69, 9.17) is 0 Å². The minimum atomic E-state index is -0.0928. The fraction of sp³-hybridized carbons (Fsp3) is 0.150. The maximum Gasteiger partial charge on any atom is 0.255 e. The van der Waals surface area contributed by atoms with E-state index >= 15 is 0 Å². The van der Waals surface area contributed by atoms with Crippen LogP contribution in [0.2, 0.25) is 0 Å². The van der Waals surface area contributed by atoms with Gasteiger partial charge < -0.3 is 5.32 Å². The molecule has 3 aromatic rings. The molecule has 1 aliphatic carbocycles. The summed E-state index contributed by atoms with van der Waals surface area (Å²) >= 11 is 1.75. The van der Waals surface area contributed by atoms with Crippen LogP contribution in [-0.2, 0) is 0 Å². The number of nitrogens with one attached hydrogen (secondary N) is 1. The van der Waals surface area contributed by atoms with E-state index in [1.807, 2.05) is 48.7 Å². The monoisotopic (exact) mass is 333 g/mol. The predicted octanol–water partition coefficient (Wildman–Crippen LogP) is 5.17. The average molecular weight is 333 g/mol. The standard InChI is InChI=1S/C20H17N2OS/c23-19(15-5-2-1-3-6-15)22-17-11-9-14(10-12-17)18-13-21-20(24-18)16-7-4-8-16/h1-3,5-6,9-13H,4,7-8H2,(H,22,23). The average Bonchev–Trinajstić information content (AvgIpc) is 3.04. The molecule has 4 heteroatoms. The van der Waals surface area contributed by atoms with Crippen molar-refractivity contribution in [2.45, 2.75) is 19.3 Å². The molecule has 0 atom stereocenters. The van der Waals surface area contributed by atoms with Gasteiger partial charge in [0, 0.05) is 23.4 Å². The van der Waals surface area contributed by atoms with Gasteiger partial charge in [0.25, 0.3) is 5.91 Å². The van der Waals surface area contributed by atoms with Crippen LogP contribution >= 0.6 is 11.3 Å². The van der Waals surface area contributed by atoms with Crippen molar-refractivity contribution in [3.63, 3.8) is 0 Å². The first-order valence-corrected chi connectivity index (χ1v) is 8.89. The highest BCUT2D eigenvalue weighted by atomic mass is 32.1. The highest BCUT2D eigenvalue weighted by Crippen LogP contribution is 2.39. The summed E-state index contributed by atoms with van der Waals surface area (Å²) in [7, 11) is 0. The van der Waals surface area contributed by atoms with Gasteiger partial charge in [-0.05, 0) is 42.7 Å². The molecule has 0 saturated heterocycles. The summed E-state index contributed by atoms with van der Waals surface area (Å²) in [6, 6.07) is 17.2. The van der Waals surface area contributed by atoms with Crippen LogP contribution in [0.1, 0.15) is 34.6 Å². The number of hydrogen-bond donors (Lipinski definition) is 1. The zero-order valence-corrected chi connectivity index (χ0v) is 14.0. The highest BCUT2D eigenvalue weighted by molar-refractivity contribution is 7.15. The van der Waals surface area contributed by atoms with Crippen LogP contribution in [0, 0.1) is 5.92 Å². The van der Waals surface area contributed by atoms with Crippen molar-refractivity contribution in [2.24, 2.45) is 0 Å². The third-order valence-electron chi connectivity index (χ3n) is 4.23. The van der Waals surface area contributed by atoms with E-state index in [2.05, 4.69) is 10.3 Å². The van der Waals surface area contributed by atoms with Gasteiger partial charge in [-0.2, -0.15) is 0 Å². The number of anilines is 1. The zero-order valence-electron chi connectivity index (χ0n) is 13.2. The smallest absolute Gasteiger partial charge is 0.255 e. The largest absolute Gasteiger partial charge is 0.322 e. The van der Waals surface area contributed by atoms with Gasteiger partial charge in [-0.1, -0.05) is 36.8 Å². The van der Waals surface area contributed by atoms with E-state index < -0.39 is 0 Å². The van der Waals surface area contributed by atoms with E-state index in [0.717, 1.165) is 11.3 Å². The first-order chi connectivity index (χ1) is 11.8. The molecule has 119 valence electrons. The Morgan fingerprint density at radius 2 is 1.75 bits per heavy atom. The number of rotatable bonds is 4. The molecule has 1 aliphatic rings. The van der Waals surface area contributed by atoms with Gasteiger partial charge in [0.1, 0.15) is 5.01 Å². The summed E-state index contributed by atoms with van der Waals surface area (Å²) < 4.78 is 0. The molecule has 0 unspecified atom stereocenters. The number of hydrogen-bond acceptors (Lipinski definition) is 3. The van der Waals surface area contributed by atoms with E-state index in [-0.39, 0.29) is 5.91 Å². The van der Waals surface area contributed by atoms with Crippen LogP contribution in [0.5, 0.6) is 0 Å². The SMILES string of the molecule is O=C(Nc1ccc(-c2cnc([C]3CCC3)s2)cc1)c1ccccc1. The lowest BCUT2D eigenvalue weighted by Gasteiger charge is -2.21. The Bertz CT molecular complexity index is 836. The second kappa shape index (κ2) is 6.57. The molecule has 1 N–H and O–H groups in total. The lowest BCUT2D eigenvalue weighted by Crippen LogP contribution is -2.11. The minimum Gasteiger partial charge on any atom is -0.322 e. The molecule has 0 aliphatic heterocycles. The Morgan fingerprint density at radius 1 is 1.00 bits per heavy atom. The van der Waals surface area contributed by atoms with Gasteiger partial charge in [-0.3, -0.25) is 4.79 Å². The summed E-state index contributed by atoms with van der Waals surface area (Å²) in [5.41, 5.74) is 2.59. The number of carbonyl (C=O) groups excluding carboxylic acids is 1. The summed E-state index contributed by atoms with van der Waals surface area (Å²) in [6.45, 7) is 0. The first-order valence-electron chi connectivity index (χ1n) is 8.07. The number of benzene rings is 2. The van der Waals surface area contributed by atoms with Crippen molar-refractivity contribution in [2.75, 3.05) is 5.32 Å². The number of aromatic nitrogens is 1. The second-order valence-corrected chi connectivity index (χ2v) is 6.91. The molecule has 1 aromatic heterocycles. The quantitative estimate of drug-likeness (QED) is 0.716. The van der Waals surface area contributed by atoms with Crippen LogP contribution in [0.15, 0.2) is 60.8 Å². The van der Waals surface area contributed by atoms with Crippen LogP contribution in [0.3, 0.4) is 0 Å². The Balaban J connectivity index is 1.46. The topological polar surface area (TPSA) is 42.0 Å². The normalized spacial score (nSPS) is 14.2. The fourth-order valence-corrected chi connectivity index (χ4v) is 3.67. The van der Waals surface area contributed by atoms with Gasteiger partial charge in [-0.25, -0.2) is 4.98 Å². The maximum atomic E-state index is 12.2. The van der Waals surface area contributed by atoms with Gasteiger partial charge in [0.05, 0.1) is 4.88 Å². The van der Waals surface area contributed by atoms with Crippen LogP contribution in [0.4, 0.5) is 5.69 Å². The number of amides is 1. The Hall–Kier alpha value is -2.46. The molecular formula is C20H17N2OS. The van der Waals surface area contributed by atoms with Crippen LogP contribution in [0.25, 0.3) is 10.4 Å². The molecule has 1 heterocycles. The van der Waals surface area contributed by atoms with E-state index in [1.165, 1.54) is 35.1 Å². The highest BCUT2D eigenvalue weighted by Gasteiger charge is 2.23. The lowest BCUT2D eigenvalue weighted by molar-refractivity contribution is 0.102. The molecule has 4 rings (SSSR count). The minimum absolute atomic E-state index is 0.0928. The van der Waals surface area contributed by atoms with E-state index in [1.54, 1.807) is 23.5 Å². The van der Waals surface area contributed by atoms with E-state index in [9.17, 15) is 4.79 Å². The molecule has 3 nitrogen and oxygen atoms in total. The molecule has 1 fully saturated rings. The van der Waals surface area contributed by atoms with Crippen molar-refractivity contribution >= 4 is 22.9 Å². The maximum absolute atomic E-state index is 12.2. The van der Waals surface area contributed by atoms with Gasteiger partial charge in [0.2, 0.25) is 0 Å². The fourth-order valence-electron chi connectivity index (χ4n) is 2.65. The predicted molar refractivity (Wildman–Crippen MR) is 98.1 cm³/mol. The van der Waals surface area contributed by atoms with Gasteiger partial charge in [-0.15, -0.1) is 11.3 Å². The molecule has 1 radical (unpaired) electrons. The zero-order chi connectivity index (χ0) is 16.4. The molecule has 1 saturated carbocycles. The third kappa shape index (κ3) is 3.10. The molecule has 1 amide bonds. The number of carbonyl (C=O) groups is 1. The van der Waals surface area contributed by atoms with Crippen molar-refractivity contribution in [3.8, 4) is 10.4 Å². The Kier molecular flexibility index (Phi) is 4.13. The molecule has 0 bridgehead atoms. The molecule has 2 aromatic carbocycles. The third-order valence-corrected chi connectivity index (χ3v) is 5.38. The first kappa shape index (κ1) is 15.1. The van der Waals surface area contributed by atoms with Crippen molar-refractivity contribution < 1.29 is 4.79 Å². The van der Waals surface area contributed by atoms with E-state index in [0.29, 0.717) is 5.56 Å². The summed E-state index contributed by atoms with van der Waals surface area (Å²) in [4.78, 5) is 17.9. The molecule has 24 heavy (non-hydrogen) atoms. The van der Waals surface area contributed by atoms with Crippen molar-refractivity contribution in [1.82, 2.24) is 4.98 Å². The number of nitrogens with zero attached hydrogens (tertiary/aromatic N) is 1. The summed E-state index contributed by atoms with van der Waals surface area (Å²) in [5.74, 6) is 1.39.